The van der Waals surface area contributed by atoms with Gasteiger partial charge in [0.2, 0.25) is 5.91 Å². The third kappa shape index (κ3) is 4.69. The van der Waals surface area contributed by atoms with Crippen LogP contribution < -0.4 is 14.8 Å². The molecule has 0 aliphatic carbocycles. The molecule has 0 saturated heterocycles. The van der Waals surface area contributed by atoms with Crippen LogP contribution in [0.2, 0.25) is 0 Å². The molecule has 0 fully saturated rings. The van der Waals surface area contributed by atoms with Crippen LogP contribution in [-0.2, 0) is 11.2 Å². The largest absolute Gasteiger partial charge is 0.490 e. The normalized spacial score (nSPS) is 14.5. The highest BCUT2D eigenvalue weighted by molar-refractivity contribution is 8.00. The van der Waals surface area contributed by atoms with E-state index in [0.717, 1.165) is 34.9 Å². The first-order chi connectivity index (χ1) is 12.2. The number of hydrogen-bond donors (Lipinski definition) is 1. The summed E-state index contributed by atoms with van der Waals surface area (Å²) in [5.41, 5.74) is 2.08. The molecule has 1 N–H and O–H groups in total. The number of benzene rings is 2. The van der Waals surface area contributed by atoms with Crippen LogP contribution in [0.1, 0.15) is 25.8 Å². The number of aryl methyl sites for hydroxylation is 1. The summed E-state index contributed by atoms with van der Waals surface area (Å²) in [6.07, 6.45) is 1.87. The van der Waals surface area contributed by atoms with Crippen molar-refractivity contribution in [1.82, 2.24) is 0 Å². The van der Waals surface area contributed by atoms with Gasteiger partial charge in [-0.3, -0.25) is 4.79 Å². The van der Waals surface area contributed by atoms with Crippen LogP contribution in [0, 0.1) is 0 Å². The van der Waals surface area contributed by atoms with Crippen molar-refractivity contribution in [2.75, 3.05) is 18.5 Å². The van der Waals surface area contributed by atoms with Gasteiger partial charge in [-0.1, -0.05) is 19.1 Å². The van der Waals surface area contributed by atoms with E-state index in [2.05, 4.69) is 12.2 Å². The van der Waals surface area contributed by atoms with Crippen LogP contribution in [-0.4, -0.2) is 24.4 Å². The van der Waals surface area contributed by atoms with E-state index >= 15 is 0 Å². The zero-order chi connectivity index (χ0) is 17.6. The topological polar surface area (TPSA) is 47.6 Å². The SMILES string of the molecule is CCc1ccc(NC(=O)[C@@H](C)Sc2ccc3c(c2)OCCCO3)cc1. The second-order valence-corrected chi connectivity index (χ2v) is 7.37. The van der Waals surface area contributed by atoms with Crippen molar-refractivity contribution in [3.05, 3.63) is 48.0 Å². The highest BCUT2D eigenvalue weighted by Crippen LogP contribution is 2.35. The van der Waals surface area contributed by atoms with Gasteiger partial charge in [-0.2, -0.15) is 0 Å². The van der Waals surface area contributed by atoms with E-state index in [9.17, 15) is 4.79 Å². The van der Waals surface area contributed by atoms with Crippen molar-refractivity contribution in [2.24, 2.45) is 0 Å². The zero-order valence-electron chi connectivity index (χ0n) is 14.6. The Kier molecular flexibility index (Phi) is 5.87. The molecule has 0 radical (unpaired) electrons. The van der Waals surface area contributed by atoms with Gasteiger partial charge in [0.05, 0.1) is 18.5 Å². The maximum Gasteiger partial charge on any atom is 0.237 e. The first-order valence-corrected chi connectivity index (χ1v) is 9.50. The molecule has 132 valence electrons. The average Bonchev–Trinajstić information content (AvgIpc) is 2.87. The predicted octanol–water partition coefficient (Wildman–Crippen LogP) is 4.53. The lowest BCUT2D eigenvalue weighted by Crippen LogP contribution is -2.22. The molecular formula is C20H23NO3S. The molecule has 2 aromatic rings. The van der Waals surface area contributed by atoms with Gasteiger partial charge >= 0.3 is 0 Å². The minimum Gasteiger partial charge on any atom is -0.490 e. The second-order valence-electron chi connectivity index (χ2n) is 5.96. The van der Waals surface area contributed by atoms with Crippen LogP contribution in [0.4, 0.5) is 5.69 Å². The Balaban J connectivity index is 1.61. The third-order valence-electron chi connectivity index (χ3n) is 4.03. The van der Waals surface area contributed by atoms with Crippen molar-refractivity contribution in [3.63, 3.8) is 0 Å². The summed E-state index contributed by atoms with van der Waals surface area (Å²) in [6.45, 7) is 5.35. The molecule has 1 atom stereocenters. The highest BCUT2D eigenvalue weighted by atomic mass is 32.2. The number of carbonyl (C=O) groups excluding carboxylic acids is 1. The number of ether oxygens (including phenoxy) is 2. The van der Waals surface area contributed by atoms with Gasteiger partial charge in [-0.05, 0) is 49.2 Å². The van der Waals surface area contributed by atoms with Gasteiger partial charge in [0, 0.05) is 17.0 Å². The van der Waals surface area contributed by atoms with Crippen molar-refractivity contribution < 1.29 is 14.3 Å². The summed E-state index contributed by atoms with van der Waals surface area (Å²) in [5.74, 6) is 1.52. The average molecular weight is 357 g/mol. The van der Waals surface area contributed by atoms with E-state index in [1.807, 2.05) is 49.4 Å². The molecule has 0 saturated carbocycles. The molecule has 1 aliphatic heterocycles. The number of thioether (sulfide) groups is 1. The molecule has 0 bridgehead atoms. The molecule has 0 spiro atoms. The summed E-state index contributed by atoms with van der Waals surface area (Å²) in [4.78, 5) is 13.4. The smallest absolute Gasteiger partial charge is 0.237 e. The molecule has 5 heteroatoms. The molecule has 0 aromatic heterocycles. The molecule has 3 rings (SSSR count). The van der Waals surface area contributed by atoms with Crippen LogP contribution in [0.15, 0.2) is 47.4 Å². The highest BCUT2D eigenvalue weighted by Gasteiger charge is 2.17. The number of anilines is 1. The Hall–Kier alpha value is -2.14. The summed E-state index contributed by atoms with van der Waals surface area (Å²) in [6, 6.07) is 13.8. The van der Waals surface area contributed by atoms with E-state index in [-0.39, 0.29) is 11.2 Å². The van der Waals surface area contributed by atoms with E-state index in [4.69, 9.17) is 9.47 Å². The molecule has 1 heterocycles. The Bertz CT molecular complexity index is 730. The van der Waals surface area contributed by atoms with Crippen molar-refractivity contribution in [3.8, 4) is 11.5 Å². The van der Waals surface area contributed by atoms with Crippen molar-refractivity contribution in [1.29, 1.82) is 0 Å². The predicted molar refractivity (Wildman–Crippen MR) is 102 cm³/mol. The molecule has 1 amide bonds. The zero-order valence-corrected chi connectivity index (χ0v) is 15.4. The summed E-state index contributed by atoms with van der Waals surface area (Å²) in [5, 5.41) is 2.76. The summed E-state index contributed by atoms with van der Waals surface area (Å²) in [7, 11) is 0. The molecule has 25 heavy (non-hydrogen) atoms. The molecule has 4 nitrogen and oxygen atoms in total. The monoisotopic (exact) mass is 357 g/mol. The number of carbonyl (C=O) groups is 1. The standard InChI is InChI=1S/C20H23NO3S/c1-3-15-5-7-16(8-6-15)21-20(22)14(2)25-17-9-10-18-19(13-17)24-12-4-11-23-18/h5-10,13-14H,3-4,11-12H2,1-2H3,(H,21,22)/t14-/m1/s1. The number of rotatable bonds is 5. The Labute approximate surface area is 152 Å². The van der Waals surface area contributed by atoms with E-state index in [1.54, 1.807) is 0 Å². The van der Waals surface area contributed by atoms with Gasteiger partial charge in [-0.15, -0.1) is 11.8 Å². The Morgan fingerprint density at radius 2 is 1.84 bits per heavy atom. The van der Waals surface area contributed by atoms with Gasteiger partial charge in [0.25, 0.3) is 0 Å². The lowest BCUT2D eigenvalue weighted by molar-refractivity contribution is -0.115. The maximum absolute atomic E-state index is 12.4. The number of fused-ring (bicyclic) bond motifs is 1. The third-order valence-corrected chi connectivity index (χ3v) is 5.12. The first kappa shape index (κ1) is 17.7. The van der Waals surface area contributed by atoms with E-state index in [1.165, 1.54) is 17.3 Å². The Morgan fingerprint density at radius 1 is 1.12 bits per heavy atom. The fourth-order valence-electron chi connectivity index (χ4n) is 2.54. The minimum atomic E-state index is -0.212. The molecule has 0 unspecified atom stereocenters. The van der Waals surface area contributed by atoms with E-state index in [0.29, 0.717) is 13.2 Å². The van der Waals surface area contributed by atoms with Gasteiger partial charge in [-0.25, -0.2) is 0 Å². The maximum atomic E-state index is 12.4. The summed E-state index contributed by atoms with van der Waals surface area (Å²) < 4.78 is 11.3. The number of amides is 1. The Morgan fingerprint density at radius 3 is 2.56 bits per heavy atom. The quantitative estimate of drug-likeness (QED) is 0.799. The van der Waals surface area contributed by atoms with Crippen LogP contribution in [0.25, 0.3) is 0 Å². The van der Waals surface area contributed by atoms with Crippen molar-refractivity contribution in [2.45, 2.75) is 36.8 Å². The van der Waals surface area contributed by atoms with Gasteiger partial charge in [0.1, 0.15) is 0 Å². The molecule has 1 aliphatic rings. The fraction of sp³-hybridized carbons (Fsp3) is 0.350. The van der Waals surface area contributed by atoms with Gasteiger partial charge in [0.15, 0.2) is 11.5 Å². The fourth-order valence-corrected chi connectivity index (χ4v) is 3.44. The van der Waals surface area contributed by atoms with Crippen LogP contribution >= 0.6 is 11.8 Å². The minimum absolute atomic E-state index is 0.0126. The van der Waals surface area contributed by atoms with E-state index < -0.39 is 0 Å². The summed E-state index contributed by atoms with van der Waals surface area (Å²) >= 11 is 1.51. The van der Waals surface area contributed by atoms with Crippen LogP contribution in [0.3, 0.4) is 0 Å². The lowest BCUT2D eigenvalue weighted by Gasteiger charge is -2.14. The second kappa shape index (κ2) is 8.30. The number of nitrogens with one attached hydrogen (secondary N) is 1. The molecular weight excluding hydrogens is 334 g/mol. The van der Waals surface area contributed by atoms with Crippen LogP contribution in [0.5, 0.6) is 11.5 Å². The molecule has 2 aromatic carbocycles. The first-order valence-electron chi connectivity index (χ1n) is 8.62. The number of hydrogen-bond acceptors (Lipinski definition) is 4. The van der Waals surface area contributed by atoms with Gasteiger partial charge < -0.3 is 14.8 Å². The lowest BCUT2D eigenvalue weighted by atomic mass is 10.1. The van der Waals surface area contributed by atoms with Crippen molar-refractivity contribution >= 4 is 23.4 Å².